The first kappa shape index (κ1) is 17.3. The summed E-state index contributed by atoms with van der Waals surface area (Å²) >= 11 is 0. The Morgan fingerprint density at radius 2 is 2.32 bits per heavy atom. The first-order chi connectivity index (χ1) is 12.0. The first-order valence-electron chi connectivity index (χ1n) is 7.31. The van der Waals surface area contributed by atoms with Crippen LogP contribution in [-0.2, 0) is 19.0 Å². The maximum atomic E-state index is 11.9. The van der Waals surface area contributed by atoms with Crippen LogP contribution in [0.5, 0.6) is 0 Å². The highest BCUT2D eigenvalue weighted by molar-refractivity contribution is 5.71. The monoisotopic (exact) mass is 355 g/mol. The number of methoxy groups -OCH3 is 1. The van der Waals surface area contributed by atoms with E-state index in [2.05, 4.69) is 19.7 Å². The zero-order valence-electron chi connectivity index (χ0n) is 13.2. The van der Waals surface area contributed by atoms with Gasteiger partial charge >= 0.3 is 5.97 Å². The number of carbonyl (C=O) groups excluding carboxylic acids is 1. The molecule has 1 fully saturated rings. The predicted molar refractivity (Wildman–Crippen MR) is 81.3 cm³/mol. The lowest BCUT2D eigenvalue weighted by molar-refractivity contribution is -0.152. The molecule has 12 heteroatoms. The Balaban J connectivity index is 1.98. The van der Waals surface area contributed by atoms with Crippen molar-refractivity contribution in [3.05, 3.63) is 16.7 Å². The zero-order valence-corrected chi connectivity index (χ0v) is 13.2. The molecule has 1 aliphatic rings. The third-order valence-corrected chi connectivity index (χ3v) is 3.84. The van der Waals surface area contributed by atoms with Crippen molar-refractivity contribution in [3.8, 4) is 0 Å². The third kappa shape index (κ3) is 3.07. The molecule has 12 nitrogen and oxygen atoms in total. The highest BCUT2D eigenvalue weighted by atomic mass is 16.6. The number of hydrogen-bond donors (Lipinski definition) is 4. The minimum absolute atomic E-state index is 0.0199. The molecule has 0 bridgehead atoms. The number of carbonyl (C=O) groups is 1. The second-order valence-corrected chi connectivity index (χ2v) is 5.37. The summed E-state index contributed by atoms with van der Waals surface area (Å²) in [5, 5.41) is 19.6. The fraction of sp³-hybridized carbons (Fsp3) is 0.538. The topological polar surface area (TPSA) is 175 Å². The molecule has 0 radical (unpaired) electrons. The van der Waals surface area contributed by atoms with Gasteiger partial charge in [0.1, 0.15) is 24.9 Å². The average molecular weight is 355 g/mol. The van der Waals surface area contributed by atoms with E-state index >= 15 is 0 Å². The van der Waals surface area contributed by atoms with Gasteiger partial charge in [-0.3, -0.25) is 14.3 Å². The number of ether oxygens (including phenoxy) is 3. The minimum Gasteiger partial charge on any atom is -0.467 e. The van der Waals surface area contributed by atoms with E-state index < -0.39 is 49.3 Å². The second kappa shape index (κ2) is 6.76. The highest BCUT2D eigenvalue weighted by Crippen LogP contribution is 2.33. The van der Waals surface area contributed by atoms with Crippen molar-refractivity contribution >= 4 is 23.1 Å². The smallest absolute Gasteiger partial charge is 0.331 e. The third-order valence-electron chi connectivity index (χ3n) is 3.84. The molecule has 2 aromatic rings. The van der Waals surface area contributed by atoms with Crippen molar-refractivity contribution in [2.45, 2.75) is 24.5 Å². The van der Waals surface area contributed by atoms with Crippen LogP contribution in [0.3, 0.4) is 0 Å². The molecule has 0 saturated carbocycles. The maximum Gasteiger partial charge on any atom is 0.331 e. The molecule has 3 heterocycles. The Labute approximate surface area is 140 Å². The minimum atomic E-state index is -1.23. The number of nitrogen functional groups attached to an aromatic ring is 1. The predicted octanol–water partition coefficient (Wildman–Crippen LogP) is -2.49. The van der Waals surface area contributed by atoms with E-state index in [1.807, 2.05) is 0 Å². The van der Waals surface area contributed by atoms with Gasteiger partial charge in [0.15, 0.2) is 17.4 Å². The molecule has 0 unspecified atom stereocenters. The van der Waals surface area contributed by atoms with Gasteiger partial charge < -0.3 is 30.2 Å². The van der Waals surface area contributed by atoms with Crippen LogP contribution in [0.25, 0.3) is 11.2 Å². The normalized spacial score (nSPS) is 26.2. The van der Waals surface area contributed by atoms with Crippen molar-refractivity contribution < 1.29 is 29.2 Å². The van der Waals surface area contributed by atoms with Gasteiger partial charge in [0, 0.05) is 0 Å². The summed E-state index contributed by atoms with van der Waals surface area (Å²) in [5.74, 6) is -0.767. The number of nitrogens with zero attached hydrogens (tertiary/aromatic N) is 3. The van der Waals surface area contributed by atoms with E-state index in [-0.39, 0.29) is 17.1 Å². The van der Waals surface area contributed by atoms with Gasteiger partial charge in [-0.1, -0.05) is 0 Å². The number of aliphatic hydroxyl groups is 2. The Hall–Kier alpha value is -2.54. The van der Waals surface area contributed by atoms with E-state index in [4.69, 9.17) is 15.2 Å². The van der Waals surface area contributed by atoms with Crippen molar-refractivity contribution in [1.82, 2.24) is 19.5 Å². The molecule has 3 rings (SSSR count). The van der Waals surface area contributed by atoms with Crippen LogP contribution in [-0.4, -0.2) is 74.3 Å². The number of aliphatic hydroxyl groups excluding tert-OH is 2. The second-order valence-electron chi connectivity index (χ2n) is 5.37. The lowest BCUT2D eigenvalue weighted by atomic mass is 10.1. The summed E-state index contributed by atoms with van der Waals surface area (Å²) in [6.07, 6.45) is -2.93. The quantitative estimate of drug-likeness (QED) is 0.420. The zero-order chi connectivity index (χ0) is 18.1. The molecule has 25 heavy (non-hydrogen) atoms. The molecule has 5 N–H and O–H groups in total. The van der Waals surface area contributed by atoms with Gasteiger partial charge in [-0.2, -0.15) is 4.98 Å². The number of fused-ring (bicyclic) bond motifs is 1. The van der Waals surface area contributed by atoms with Crippen molar-refractivity contribution in [1.29, 1.82) is 0 Å². The lowest BCUT2D eigenvalue weighted by Gasteiger charge is -2.21. The number of H-pyrrole nitrogens is 1. The summed E-state index contributed by atoms with van der Waals surface area (Å²) in [4.78, 5) is 33.5. The van der Waals surface area contributed by atoms with Crippen LogP contribution < -0.4 is 11.3 Å². The van der Waals surface area contributed by atoms with Gasteiger partial charge in [0.05, 0.1) is 20.0 Å². The summed E-state index contributed by atoms with van der Waals surface area (Å²) in [6.45, 7) is -0.905. The number of hydrogen-bond acceptors (Lipinski definition) is 10. The van der Waals surface area contributed by atoms with Crippen molar-refractivity contribution in [2.75, 3.05) is 26.1 Å². The molecule has 2 aromatic heterocycles. The number of nitrogens with two attached hydrogens (primary N) is 1. The Morgan fingerprint density at radius 3 is 3.00 bits per heavy atom. The van der Waals surface area contributed by atoms with Gasteiger partial charge in [-0.25, -0.2) is 9.78 Å². The molecule has 0 spiro atoms. The number of rotatable bonds is 5. The van der Waals surface area contributed by atoms with Crippen LogP contribution in [0.2, 0.25) is 0 Å². The molecule has 1 aliphatic heterocycles. The molecule has 0 amide bonds. The van der Waals surface area contributed by atoms with Crippen LogP contribution in [0.1, 0.15) is 6.23 Å². The van der Waals surface area contributed by atoms with E-state index in [1.54, 1.807) is 0 Å². The number of aromatic nitrogens is 4. The molecular formula is C13H17N5O7. The number of aromatic amines is 1. The summed E-state index contributed by atoms with van der Waals surface area (Å²) in [7, 11) is 1.20. The van der Waals surface area contributed by atoms with Gasteiger partial charge in [0.2, 0.25) is 5.95 Å². The highest BCUT2D eigenvalue weighted by Gasteiger charge is 2.46. The fourth-order valence-corrected chi connectivity index (χ4v) is 2.63. The summed E-state index contributed by atoms with van der Waals surface area (Å²) in [5.41, 5.74) is 5.15. The van der Waals surface area contributed by atoms with Crippen molar-refractivity contribution in [3.63, 3.8) is 0 Å². The fourth-order valence-electron chi connectivity index (χ4n) is 2.63. The van der Waals surface area contributed by atoms with Gasteiger partial charge in [-0.05, 0) is 0 Å². The maximum absolute atomic E-state index is 11.9. The molecule has 0 aliphatic carbocycles. The largest absolute Gasteiger partial charge is 0.467 e. The van der Waals surface area contributed by atoms with Crippen LogP contribution in [0.4, 0.5) is 5.95 Å². The Morgan fingerprint density at radius 1 is 1.56 bits per heavy atom. The standard InChI is InChI=1S/C13H17N5O7/c1-23-6(20)3-24-9-8(21)5(2-19)25-12(9)18-4-15-7-10(18)16-13(14)17-11(7)22/h4-5,8-9,12,19,21H,2-3H2,1H3,(H3,14,16,17,22)/t5-,8-,9-,12-/m1/s1. The van der Waals surface area contributed by atoms with E-state index in [9.17, 15) is 19.8 Å². The van der Waals surface area contributed by atoms with E-state index in [0.29, 0.717) is 0 Å². The van der Waals surface area contributed by atoms with E-state index in [0.717, 1.165) is 0 Å². The van der Waals surface area contributed by atoms with E-state index in [1.165, 1.54) is 18.0 Å². The number of anilines is 1. The number of nitrogens with one attached hydrogen (secondary N) is 1. The molecular weight excluding hydrogens is 338 g/mol. The van der Waals surface area contributed by atoms with Crippen LogP contribution in [0, 0.1) is 0 Å². The molecule has 136 valence electrons. The Bertz CT molecular complexity index is 834. The average Bonchev–Trinajstić information content (AvgIpc) is 3.13. The SMILES string of the molecule is COC(=O)CO[C@@H]1[C@H](O)[C@@H](CO)O[C@H]1n1cnc2c(=O)[nH]c(N)nc21. The summed E-state index contributed by atoms with van der Waals surface area (Å²) in [6, 6.07) is 0. The van der Waals surface area contributed by atoms with Gasteiger partial charge in [-0.15, -0.1) is 0 Å². The van der Waals surface area contributed by atoms with Crippen LogP contribution >= 0.6 is 0 Å². The first-order valence-corrected chi connectivity index (χ1v) is 7.31. The molecule has 4 atom stereocenters. The Kier molecular flexibility index (Phi) is 4.67. The molecule has 0 aromatic carbocycles. The van der Waals surface area contributed by atoms with Crippen molar-refractivity contribution in [2.24, 2.45) is 0 Å². The number of esters is 1. The van der Waals surface area contributed by atoms with Crippen LogP contribution in [0.15, 0.2) is 11.1 Å². The van der Waals surface area contributed by atoms with Gasteiger partial charge in [0.25, 0.3) is 5.56 Å². The summed E-state index contributed by atoms with van der Waals surface area (Å²) < 4.78 is 16.8. The lowest BCUT2D eigenvalue weighted by Crippen LogP contribution is -2.36. The molecule has 1 saturated heterocycles. The number of imidazole rings is 1.